The van der Waals surface area contributed by atoms with E-state index in [1.54, 1.807) is 0 Å². The first-order chi connectivity index (χ1) is 9.11. The standard InChI is InChI=1S/C12H13BrN2O3S/c13-9-2-1-8(19-9)7-15-10(16)12(14-11(15)17)3-5-18-6-4-12/h1-2H,3-7H2,(H,14,17). The minimum Gasteiger partial charge on any atom is -0.381 e. The van der Waals surface area contributed by atoms with Gasteiger partial charge in [0.15, 0.2) is 0 Å². The molecule has 0 bridgehead atoms. The first kappa shape index (κ1) is 13.1. The van der Waals surface area contributed by atoms with Crippen LogP contribution in [0.5, 0.6) is 0 Å². The molecular formula is C12H13BrN2O3S. The minimum absolute atomic E-state index is 0.120. The molecule has 0 atom stereocenters. The van der Waals surface area contributed by atoms with Crippen LogP contribution in [0.3, 0.4) is 0 Å². The number of carbonyl (C=O) groups excluding carboxylic acids is 2. The number of ether oxygens (including phenoxy) is 1. The second kappa shape index (κ2) is 4.88. The van der Waals surface area contributed by atoms with Crippen molar-refractivity contribution >= 4 is 39.2 Å². The van der Waals surface area contributed by atoms with Gasteiger partial charge >= 0.3 is 6.03 Å². The van der Waals surface area contributed by atoms with Crippen LogP contribution in [0.2, 0.25) is 0 Å². The number of nitrogens with one attached hydrogen (secondary N) is 1. The van der Waals surface area contributed by atoms with Crippen molar-refractivity contribution in [2.24, 2.45) is 0 Å². The van der Waals surface area contributed by atoms with Crippen molar-refractivity contribution in [3.63, 3.8) is 0 Å². The van der Waals surface area contributed by atoms with E-state index in [4.69, 9.17) is 4.74 Å². The summed E-state index contributed by atoms with van der Waals surface area (Å²) in [7, 11) is 0. The maximum atomic E-state index is 12.5. The van der Waals surface area contributed by atoms with Gasteiger partial charge in [-0.3, -0.25) is 9.69 Å². The molecule has 102 valence electrons. The summed E-state index contributed by atoms with van der Waals surface area (Å²) in [4.78, 5) is 26.8. The Labute approximate surface area is 123 Å². The molecule has 7 heteroatoms. The van der Waals surface area contributed by atoms with Crippen LogP contribution in [0.4, 0.5) is 4.79 Å². The summed E-state index contributed by atoms with van der Waals surface area (Å²) < 4.78 is 6.27. The number of imide groups is 1. The smallest absolute Gasteiger partial charge is 0.325 e. The third kappa shape index (κ3) is 2.30. The largest absolute Gasteiger partial charge is 0.381 e. The van der Waals surface area contributed by atoms with Crippen molar-refractivity contribution in [3.8, 4) is 0 Å². The average molecular weight is 345 g/mol. The van der Waals surface area contributed by atoms with Gasteiger partial charge in [0.1, 0.15) is 5.54 Å². The minimum atomic E-state index is -0.732. The Kier molecular flexibility index (Phi) is 3.36. The molecule has 0 unspecified atom stereocenters. The molecule has 1 aromatic rings. The highest BCUT2D eigenvalue weighted by atomic mass is 79.9. The molecule has 2 saturated heterocycles. The highest BCUT2D eigenvalue weighted by Gasteiger charge is 2.51. The molecule has 1 spiro atoms. The lowest BCUT2D eigenvalue weighted by Crippen LogP contribution is -2.50. The molecule has 1 aromatic heterocycles. The maximum Gasteiger partial charge on any atom is 0.325 e. The molecule has 3 amide bonds. The van der Waals surface area contributed by atoms with Crippen LogP contribution in [0.15, 0.2) is 15.9 Å². The number of hydrogen-bond donors (Lipinski definition) is 1. The first-order valence-electron chi connectivity index (χ1n) is 6.07. The topological polar surface area (TPSA) is 58.6 Å². The van der Waals surface area contributed by atoms with Gasteiger partial charge in [0.2, 0.25) is 0 Å². The fourth-order valence-corrected chi connectivity index (χ4v) is 3.94. The predicted octanol–water partition coefficient (Wildman–Crippen LogP) is 2.11. The van der Waals surface area contributed by atoms with Gasteiger partial charge in [-0.15, -0.1) is 11.3 Å². The summed E-state index contributed by atoms with van der Waals surface area (Å²) in [5, 5.41) is 2.85. The summed E-state index contributed by atoms with van der Waals surface area (Å²) >= 11 is 4.91. The van der Waals surface area contributed by atoms with E-state index in [9.17, 15) is 9.59 Å². The molecule has 3 heterocycles. The summed E-state index contributed by atoms with van der Waals surface area (Å²) in [5.74, 6) is -0.120. The summed E-state index contributed by atoms with van der Waals surface area (Å²) in [6.45, 7) is 1.37. The molecule has 0 aromatic carbocycles. The highest BCUT2D eigenvalue weighted by molar-refractivity contribution is 9.11. The third-order valence-electron chi connectivity index (χ3n) is 3.54. The molecule has 2 aliphatic rings. The summed E-state index contributed by atoms with van der Waals surface area (Å²) in [6, 6.07) is 3.55. The molecule has 0 saturated carbocycles. The van der Waals surface area contributed by atoms with E-state index in [0.29, 0.717) is 32.6 Å². The van der Waals surface area contributed by atoms with Gasteiger partial charge in [-0.1, -0.05) is 0 Å². The van der Waals surface area contributed by atoms with Gasteiger partial charge < -0.3 is 10.1 Å². The molecule has 3 rings (SSSR count). The lowest BCUT2D eigenvalue weighted by Gasteiger charge is -2.30. The van der Waals surface area contributed by atoms with E-state index >= 15 is 0 Å². The van der Waals surface area contributed by atoms with E-state index in [1.807, 2.05) is 12.1 Å². The van der Waals surface area contributed by atoms with Crippen LogP contribution in [-0.4, -0.2) is 35.6 Å². The molecule has 5 nitrogen and oxygen atoms in total. The Morgan fingerprint density at radius 3 is 2.74 bits per heavy atom. The van der Waals surface area contributed by atoms with Gasteiger partial charge in [-0.05, 0) is 28.1 Å². The van der Waals surface area contributed by atoms with E-state index in [2.05, 4.69) is 21.2 Å². The van der Waals surface area contributed by atoms with Crippen molar-refractivity contribution in [1.29, 1.82) is 0 Å². The van der Waals surface area contributed by atoms with Gasteiger partial charge in [-0.25, -0.2) is 4.79 Å². The van der Waals surface area contributed by atoms with Crippen LogP contribution in [0.25, 0.3) is 0 Å². The van der Waals surface area contributed by atoms with Crippen molar-refractivity contribution in [1.82, 2.24) is 10.2 Å². The second-order valence-corrected chi connectivity index (χ2v) is 7.27. The fourth-order valence-electron chi connectivity index (χ4n) is 2.47. The molecule has 1 N–H and O–H groups in total. The molecular weight excluding hydrogens is 332 g/mol. The third-order valence-corrected chi connectivity index (χ3v) is 5.14. The van der Waals surface area contributed by atoms with Crippen LogP contribution < -0.4 is 5.32 Å². The SMILES string of the molecule is O=C1NC2(CCOCC2)C(=O)N1Cc1ccc(Br)s1. The number of amides is 3. The van der Waals surface area contributed by atoms with Crippen LogP contribution in [0.1, 0.15) is 17.7 Å². The Bertz CT molecular complexity index is 525. The zero-order valence-corrected chi connectivity index (χ0v) is 12.6. The van der Waals surface area contributed by atoms with Gasteiger partial charge in [0.05, 0.1) is 10.3 Å². The molecule has 0 aliphatic carbocycles. The van der Waals surface area contributed by atoms with Crippen molar-refractivity contribution in [2.45, 2.75) is 24.9 Å². The summed E-state index contributed by atoms with van der Waals surface area (Å²) in [5.41, 5.74) is -0.732. The number of halogens is 1. The number of hydrogen-bond acceptors (Lipinski definition) is 4. The van der Waals surface area contributed by atoms with Crippen LogP contribution in [-0.2, 0) is 16.1 Å². The van der Waals surface area contributed by atoms with Gasteiger partial charge in [-0.2, -0.15) is 0 Å². The number of carbonyl (C=O) groups is 2. The zero-order chi connectivity index (χ0) is 13.5. The zero-order valence-electron chi connectivity index (χ0n) is 10.1. The van der Waals surface area contributed by atoms with Crippen molar-refractivity contribution < 1.29 is 14.3 Å². The number of urea groups is 1. The van der Waals surface area contributed by atoms with Crippen molar-refractivity contribution in [3.05, 3.63) is 20.8 Å². The van der Waals surface area contributed by atoms with Gasteiger partial charge in [0.25, 0.3) is 5.91 Å². The predicted molar refractivity (Wildman–Crippen MR) is 73.9 cm³/mol. The quantitative estimate of drug-likeness (QED) is 0.836. The average Bonchev–Trinajstić information content (AvgIpc) is 2.89. The molecule has 2 fully saturated rings. The Morgan fingerprint density at radius 1 is 1.37 bits per heavy atom. The van der Waals surface area contributed by atoms with E-state index in [0.717, 1.165) is 8.66 Å². The monoisotopic (exact) mass is 344 g/mol. The number of nitrogens with zero attached hydrogens (tertiary/aromatic N) is 1. The maximum absolute atomic E-state index is 12.5. The first-order valence-corrected chi connectivity index (χ1v) is 7.68. The van der Waals surface area contributed by atoms with E-state index < -0.39 is 5.54 Å². The normalized spacial score (nSPS) is 22.1. The molecule has 0 radical (unpaired) electrons. The van der Waals surface area contributed by atoms with Crippen LogP contribution >= 0.6 is 27.3 Å². The van der Waals surface area contributed by atoms with E-state index in [-0.39, 0.29) is 11.9 Å². The van der Waals surface area contributed by atoms with Gasteiger partial charge in [0, 0.05) is 30.9 Å². The Hall–Kier alpha value is -0.920. The fraction of sp³-hybridized carbons (Fsp3) is 0.500. The van der Waals surface area contributed by atoms with Crippen LogP contribution in [0, 0.1) is 0 Å². The Balaban J connectivity index is 1.79. The lowest BCUT2D eigenvalue weighted by atomic mass is 9.90. The lowest BCUT2D eigenvalue weighted by molar-refractivity contribution is -0.134. The van der Waals surface area contributed by atoms with E-state index in [1.165, 1.54) is 16.2 Å². The van der Waals surface area contributed by atoms with Crippen molar-refractivity contribution in [2.75, 3.05) is 13.2 Å². The number of rotatable bonds is 2. The molecule has 2 aliphatic heterocycles. The second-order valence-electron chi connectivity index (χ2n) is 4.72. The Morgan fingerprint density at radius 2 is 2.11 bits per heavy atom. The number of thiophene rings is 1. The summed E-state index contributed by atoms with van der Waals surface area (Å²) in [6.07, 6.45) is 1.12. The highest BCUT2D eigenvalue weighted by Crippen LogP contribution is 2.31. The molecule has 19 heavy (non-hydrogen) atoms.